The highest BCUT2D eigenvalue weighted by Crippen LogP contribution is 1.93. The molecule has 3 N–H and O–H groups in total. The van der Waals surface area contributed by atoms with Crippen molar-refractivity contribution < 1.29 is 14.7 Å². The number of nitrogens with zero attached hydrogens (tertiary/aromatic N) is 2. The van der Waals surface area contributed by atoms with E-state index in [4.69, 9.17) is 20.9 Å². The average molecular weight is 187 g/mol. The molecule has 0 saturated carbocycles. The second-order valence-electron chi connectivity index (χ2n) is 2.43. The average Bonchev–Trinajstić information content (AvgIpc) is 2.14. The van der Waals surface area contributed by atoms with Gasteiger partial charge in [-0.25, -0.2) is 0 Å². The molecule has 0 bridgehead atoms. The van der Waals surface area contributed by atoms with E-state index in [0.29, 0.717) is 13.0 Å². The van der Waals surface area contributed by atoms with Gasteiger partial charge in [-0.3, -0.25) is 0 Å². The zero-order chi connectivity index (χ0) is 10.1. The zero-order valence-electron chi connectivity index (χ0n) is 7.43. The van der Waals surface area contributed by atoms with E-state index in [0.717, 1.165) is 0 Å². The molecule has 0 amide bonds. The normalized spacial score (nSPS) is 13.4. The third-order valence-corrected chi connectivity index (χ3v) is 1.27. The van der Waals surface area contributed by atoms with E-state index in [9.17, 15) is 0 Å². The van der Waals surface area contributed by atoms with Gasteiger partial charge in [-0.2, -0.15) is 5.26 Å². The summed E-state index contributed by atoms with van der Waals surface area (Å²) < 4.78 is 9.62. The molecule has 0 aromatic carbocycles. The fourth-order valence-corrected chi connectivity index (χ4v) is 0.617. The first-order chi connectivity index (χ1) is 6.20. The number of rotatable bonds is 6. The molecule has 0 aromatic heterocycles. The number of hydrogen-bond donors (Lipinski definition) is 2. The Morgan fingerprint density at radius 2 is 2.46 bits per heavy atom. The van der Waals surface area contributed by atoms with Crippen molar-refractivity contribution in [2.24, 2.45) is 10.9 Å². The van der Waals surface area contributed by atoms with Crippen LogP contribution in [0.5, 0.6) is 0 Å². The van der Waals surface area contributed by atoms with E-state index in [1.807, 2.05) is 0 Å². The van der Waals surface area contributed by atoms with Gasteiger partial charge in [-0.1, -0.05) is 5.16 Å². The quantitative estimate of drug-likeness (QED) is 0.201. The summed E-state index contributed by atoms with van der Waals surface area (Å²) in [5, 5.41) is 19.0. The predicted octanol–water partition coefficient (Wildman–Crippen LogP) is 0.0257. The summed E-state index contributed by atoms with van der Waals surface area (Å²) in [7, 11) is 0. The largest absolute Gasteiger partial charge is 0.425 e. The summed E-state index contributed by atoms with van der Waals surface area (Å²) in [6.45, 7) is 2.32. The van der Waals surface area contributed by atoms with Crippen LogP contribution >= 0.6 is 0 Å². The lowest BCUT2D eigenvalue weighted by Gasteiger charge is -2.09. The predicted molar refractivity (Wildman–Crippen MR) is 45.0 cm³/mol. The third-order valence-electron chi connectivity index (χ3n) is 1.27. The Kier molecular flexibility index (Phi) is 6.37. The van der Waals surface area contributed by atoms with Crippen molar-refractivity contribution in [3.63, 3.8) is 0 Å². The lowest BCUT2D eigenvalue weighted by Crippen LogP contribution is -2.19. The van der Waals surface area contributed by atoms with Crippen molar-refractivity contribution in [2.75, 3.05) is 13.2 Å². The summed E-state index contributed by atoms with van der Waals surface area (Å²) in [6.07, 6.45) is 1.72. The summed E-state index contributed by atoms with van der Waals surface area (Å²) in [4.78, 5) is 0. The molecule has 74 valence electrons. The minimum atomic E-state index is -0.175. The van der Waals surface area contributed by atoms with Crippen molar-refractivity contribution in [1.29, 1.82) is 5.26 Å². The van der Waals surface area contributed by atoms with Crippen LogP contribution in [-0.2, 0) is 9.47 Å². The molecule has 6 heteroatoms. The molecule has 0 saturated heterocycles. The van der Waals surface area contributed by atoms with Crippen LogP contribution in [0.1, 0.15) is 13.3 Å². The molecule has 0 aliphatic rings. The van der Waals surface area contributed by atoms with Gasteiger partial charge in [0, 0.05) is 6.42 Å². The van der Waals surface area contributed by atoms with Crippen LogP contribution in [0, 0.1) is 11.5 Å². The fraction of sp³-hybridized carbons (Fsp3) is 0.714. The Hall–Kier alpha value is -1.48. The molecular weight excluding hydrogens is 174 g/mol. The minimum absolute atomic E-state index is 0.119. The van der Waals surface area contributed by atoms with Crippen molar-refractivity contribution in [1.82, 2.24) is 0 Å². The number of ether oxygens (including phenoxy) is 2. The molecule has 0 rings (SSSR count). The highest BCUT2D eigenvalue weighted by Gasteiger charge is 2.02. The van der Waals surface area contributed by atoms with Crippen molar-refractivity contribution in [2.45, 2.75) is 19.4 Å². The zero-order valence-corrected chi connectivity index (χ0v) is 7.43. The van der Waals surface area contributed by atoms with Crippen molar-refractivity contribution in [3.8, 4) is 6.26 Å². The maximum Gasteiger partial charge on any atom is 0.286 e. The molecule has 0 heterocycles. The number of oxime groups is 1. The maximum atomic E-state index is 8.18. The SMILES string of the molecule is CC(COC#N)OCC/C(N)=N/O. The van der Waals surface area contributed by atoms with Crippen LogP contribution in [0.4, 0.5) is 0 Å². The number of hydrogen-bond acceptors (Lipinski definition) is 5. The number of nitriles is 1. The standard InChI is InChI=1S/C7H13N3O3/c1-6(4-12-5-8)13-3-2-7(9)10-11/h6,11H,2-4H2,1H3,(H2,9,10). The first kappa shape index (κ1) is 11.5. The molecule has 13 heavy (non-hydrogen) atoms. The molecular formula is C7H13N3O3. The summed E-state index contributed by atoms with van der Waals surface area (Å²) in [6, 6.07) is 0. The van der Waals surface area contributed by atoms with E-state index < -0.39 is 0 Å². The first-order valence-electron chi connectivity index (χ1n) is 3.79. The van der Waals surface area contributed by atoms with Gasteiger partial charge in [0.15, 0.2) is 0 Å². The first-order valence-corrected chi connectivity index (χ1v) is 3.79. The van der Waals surface area contributed by atoms with Crippen molar-refractivity contribution in [3.05, 3.63) is 0 Å². The van der Waals surface area contributed by atoms with E-state index in [1.165, 1.54) is 0 Å². The van der Waals surface area contributed by atoms with Crippen LogP contribution in [0.2, 0.25) is 0 Å². The van der Waals surface area contributed by atoms with Crippen LogP contribution < -0.4 is 5.73 Å². The van der Waals surface area contributed by atoms with Crippen LogP contribution in [0.25, 0.3) is 0 Å². The second kappa shape index (κ2) is 7.18. The van der Waals surface area contributed by atoms with Crippen LogP contribution in [-0.4, -0.2) is 30.4 Å². The Labute approximate surface area is 76.5 Å². The van der Waals surface area contributed by atoms with Gasteiger partial charge in [-0.05, 0) is 6.92 Å². The highest BCUT2D eigenvalue weighted by atomic mass is 16.5. The Morgan fingerprint density at radius 3 is 3.00 bits per heavy atom. The Balaban J connectivity index is 3.37. The lowest BCUT2D eigenvalue weighted by atomic mass is 10.4. The Bertz CT molecular complexity index is 200. The molecule has 0 fully saturated rings. The summed E-state index contributed by atoms with van der Waals surface area (Å²) >= 11 is 0. The highest BCUT2D eigenvalue weighted by molar-refractivity contribution is 5.79. The van der Waals surface area contributed by atoms with E-state index in [2.05, 4.69) is 9.89 Å². The summed E-state index contributed by atoms with van der Waals surface area (Å²) in [5.41, 5.74) is 5.20. The van der Waals surface area contributed by atoms with E-state index in [1.54, 1.807) is 13.2 Å². The lowest BCUT2D eigenvalue weighted by molar-refractivity contribution is 0.0271. The van der Waals surface area contributed by atoms with Gasteiger partial charge < -0.3 is 20.4 Å². The van der Waals surface area contributed by atoms with Gasteiger partial charge in [-0.15, -0.1) is 0 Å². The van der Waals surface area contributed by atoms with E-state index >= 15 is 0 Å². The topological polar surface area (TPSA) is 101 Å². The second-order valence-corrected chi connectivity index (χ2v) is 2.43. The fourth-order valence-electron chi connectivity index (χ4n) is 0.617. The molecule has 0 aliphatic heterocycles. The monoisotopic (exact) mass is 187 g/mol. The van der Waals surface area contributed by atoms with Gasteiger partial charge in [0.25, 0.3) is 6.26 Å². The number of nitrogens with two attached hydrogens (primary N) is 1. The maximum absolute atomic E-state index is 8.18. The minimum Gasteiger partial charge on any atom is -0.425 e. The molecule has 6 nitrogen and oxygen atoms in total. The smallest absolute Gasteiger partial charge is 0.286 e. The summed E-state index contributed by atoms with van der Waals surface area (Å²) in [5.74, 6) is 0.119. The molecule has 0 radical (unpaired) electrons. The molecule has 0 aliphatic carbocycles. The van der Waals surface area contributed by atoms with E-state index in [-0.39, 0.29) is 18.5 Å². The number of amidine groups is 1. The third kappa shape index (κ3) is 6.90. The van der Waals surface area contributed by atoms with Gasteiger partial charge in [0.2, 0.25) is 0 Å². The molecule has 1 unspecified atom stereocenters. The molecule has 0 aromatic rings. The molecule has 0 spiro atoms. The molecule has 1 atom stereocenters. The van der Waals surface area contributed by atoms with Gasteiger partial charge in [0.05, 0.1) is 12.7 Å². The van der Waals surface area contributed by atoms with Gasteiger partial charge >= 0.3 is 0 Å². The van der Waals surface area contributed by atoms with Gasteiger partial charge in [0.1, 0.15) is 12.4 Å². The van der Waals surface area contributed by atoms with Crippen LogP contribution in [0.3, 0.4) is 0 Å². The Morgan fingerprint density at radius 1 is 1.77 bits per heavy atom. The van der Waals surface area contributed by atoms with Crippen LogP contribution in [0.15, 0.2) is 5.16 Å². The van der Waals surface area contributed by atoms with Crippen molar-refractivity contribution >= 4 is 5.84 Å².